The summed E-state index contributed by atoms with van der Waals surface area (Å²) < 4.78 is 13.1. The van der Waals surface area contributed by atoms with Gasteiger partial charge in [-0.05, 0) is 111 Å². The van der Waals surface area contributed by atoms with Crippen LogP contribution in [0.1, 0.15) is 98.7 Å². The summed E-state index contributed by atoms with van der Waals surface area (Å²) in [7, 11) is -2.80. The Bertz CT molecular complexity index is 3150. The van der Waals surface area contributed by atoms with E-state index in [-0.39, 0.29) is 29.4 Å². The van der Waals surface area contributed by atoms with Crippen LogP contribution in [0.4, 0.5) is 10.5 Å². The maximum atomic E-state index is 14.6. The van der Waals surface area contributed by atoms with Gasteiger partial charge < -0.3 is 25.1 Å². The standard InChI is InChI=1S/C69H74N4O5Si/c1-49(2)64(73-67(76)77-48-62-60-35-21-19-33-58(60)59-34-20-22-36-61(59)62)66(75)72-63(37-23-24-46-70-69(52-25-11-7-12-26-52,53-27-13-8-14-28-53)54-42-38-50(3)39-43-54)65(74)71-55-44-40-51(41-45-55)47-78-79(68(4,5)6,56-29-15-9-16-30-56)57-31-17-10-18-32-57/h7-22,25-36,38-45,49,62-64,70H,23-24,37,46-48H2,1-6H3,(H,71,74)(H,72,75)(H,73,76)/t63-,64-/m0/s1. The maximum absolute atomic E-state index is 14.6. The van der Waals surface area contributed by atoms with Crippen molar-refractivity contribution in [1.82, 2.24) is 16.0 Å². The number of benzene rings is 8. The molecule has 0 spiro atoms. The zero-order valence-electron chi connectivity index (χ0n) is 46.4. The van der Waals surface area contributed by atoms with Gasteiger partial charge in [-0.2, -0.15) is 0 Å². The summed E-state index contributed by atoms with van der Waals surface area (Å²) in [6.45, 7) is 13.7. The van der Waals surface area contributed by atoms with Crippen molar-refractivity contribution in [3.05, 3.63) is 257 Å². The molecule has 0 aromatic heterocycles. The summed E-state index contributed by atoms with van der Waals surface area (Å²) in [5.41, 5.74) is 9.85. The number of rotatable bonds is 22. The summed E-state index contributed by atoms with van der Waals surface area (Å²) in [6.07, 6.45) is 0.936. The number of fused-ring (bicyclic) bond motifs is 3. The quantitative estimate of drug-likeness (QED) is 0.0305. The third kappa shape index (κ3) is 12.5. The Morgan fingerprint density at radius 1 is 0.557 bits per heavy atom. The Labute approximate surface area is 468 Å². The first-order chi connectivity index (χ1) is 38.3. The number of hydrogen-bond acceptors (Lipinski definition) is 6. The SMILES string of the molecule is Cc1ccc(C(NCCCC[C@H](NC(=O)[C@@H](NC(=O)OCC2c3ccccc3-c3ccccc32)C(C)C)C(=O)Nc2ccc(CO[Si](c3ccccc3)(c3ccccc3)C(C)(C)C)cc2)(c2ccccc2)c2ccccc2)cc1. The molecule has 10 heteroatoms. The summed E-state index contributed by atoms with van der Waals surface area (Å²) in [4.78, 5) is 42.8. The Morgan fingerprint density at radius 3 is 1.57 bits per heavy atom. The Morgan fingerprint density at radius 2 is 1.05 bits per heavy atom. The molecule has 0 heterocycles. The highest BCUT2D eigenvalue weighted by Gasteiger charge is 2.50. The molecule has 79 heavy (non-hydrogen) atoms. The molecule has 0 saturated carbocycles. The normalized spacial score (nSPS) is 13.2. The van der Waals surface area contributed by atoms with Crippen molar-refractivity contribution in [2.75, 3.05) is 18.5 Å². The lowest BCUT2D eigenvalue weighted by Gasteiger charge is -2.43. The van der Waals surface area contributed by atoms with Gasteiger partial charge in [0.1, 0.15) is 18.7 Å². The van der Waals surface area contributed by atoms with Gasteiger partial charge in [0, 0.05) is 11.6 Å². The van der Waals surface area contributed by atoms with Gasteiger partial charge in [-0.15, -0.1) is 0 Å². The number of aryl methyl sites for hydroxylation is 1. The van der Waals surface area contributed by atoms with Gasteiger partial charge in [0.05, 0.1) is 12.1 Å². The average Bonchev–Trinajstić information content (AvgIpc) is 3.80. The topological polar surface area (TPSA) is 118 Å². The van der Waals surface area contributed by atoms with Crippen molar-refractivity contribution in [2.45, 2.75) is 96.0 Å². The fraction of sp³-hybridized carbons (Fsp3) is 0.261. The van der Waals surface area contributed by atoms with Gasteiger partial charge in [0.15, 0.2) is 0 Å². The number of carbonyl (C=O) groups excluding carboxylic acids is 3. The van der Waals surface area contributed by atoms with E-state index in [9.17, 15) is 14.4 Å². The molecule has 404 valence electrons. The second-order valence-corrected chi connectivity index (χ2v) is 26.5. The molecule has 1 aliphatic rings. The molecule has 8 aromatic rings. The van der Waals surface area contributed by atoms with E-state index in [1.807, 2.05) is 86.6 Å². The lowest BCUT2D eigenvalue weighted by molar-refractivity contribution is -0.128. The lowest BCUT2D eigenvalue weighted by Crippen LogP contribution is -2.66. The van der Waals surface area contributed by atoms with Crippen molar-refractivity contribution >= 4 is 42.3 Å². The summed E-state index contributed by atoms with van der Waals surface area (Å²) in [6, 6.07) is 73.0. The van der Waals surface area contributed by atoms with Crippen molar-refractivity contribution in [3.8, 4) is 11.1 Å². The predicted octanol–water partition coefficient (Wildman–Crippen LogP) is 12.8. The van der Waals surface area contributed by atoms with Gasteiger partial charge >= 0.3 is 6.09 Å². The largest absolute Gasteiger partial charge is 0.449 e. The Hall–Kier alpha value is -7.89. The van der Waals surface area contributed by atoms with Crippen LogP contribution in [0.15, 0.2) is 218 Å². The molecule has 4 N–H and O–H groups in total. The fourth-order valence-corrected chi connectivity index (χ4v) is 16.0. The molecule has 9 nitrogen and oxygen atoms in total. The minimum absolute atomic E-state index is 0.107. The van der Waals surface area contributed by atoms with Crippen molar-refractivity contribution in [3.63, 3.8) is 0 Å². The first kappa shape index (κ1) is 55.8. The van der Waals surface area contributed by atoms with E-state index in [1.165, 1.54) is 15.9 Å². The maximum Gasteiger partial charge on any atom is 0.407 e. The highest BCUT2D eigenvalue weighted by molar-refractivity contribution is 6.99. The van der Waals surface area contributed by atoms with Crippen LogP contribution in [0.3, 0.4) is 0 Å². The van der Waals surface area contributed by atoms with Gasteiger partial charge in [-0.1, -0.05) is 246 Å². The minimum atomic E-state index is -2.80. The molecule has 0 fully saturated rings. The van der Waals surface area contributed by atoms with E-state index in [0.29, 0.717) is 38.1 Å². The number of amides is 3. The summed E-state index contributed by atoms with van der Waals surface area (Å²) in [5.74, 6) is -1.29. The first-order valence-corrected chi connectivity index (χ1v) is 29.7. The zero-order valence-corrected chi connectivity index (χ0v) is 47.4. The van der Waals surface area contributed by atoms with Crippen molar-refractivity contribution < 1.29 is 23.5 Å². The number of hydrogen-bond donors (Lipinski definition) is 4. The molecule has 1 aliphatic carbocycles. The van der Waals surface area contributed by atoms with E-state index < -0.39 is 37.9 Å². The van der Waals surface area contributed by atoms with Gasteiger partial charge in [0.2, 0.25) is 11.8 Å². The molecular weight excluding hydrogens is 993 g/mol. The molecule has 0 aliphatic heterocycles. The first-order valence-electron chi connectivity index (χ1n) is 27.8. The smallest absolute Gasteiger partial charge is 0.407 e. The number of nitrogens with one attached hydrogen (secondary N) is 4. The van der Waals surface area contributed by atoms with Crippen LogP contribution in [-0.2, 0) is 30.9 Å². The van der Waals surface area contributed by atoms with E-state index in [1.54, 1.807) is 0 Å². The molecule has 2 atom stereocenters. The molecule has 9 rings (SSSR count). The van der Waals surface area contributed by atoms with Gasteiger partial charge in [0.25, 0.3) is 8.32 Å². The fourth-order valence-electron chi connectivity index (χ4n) is 11.4. The van der Waals surface area contributed by atoms with Crippen LogP contribution >= 0.6 is 0 Å². The lowest BCUT2D eigenvalue weighted by atomic mass is 9.76. The van der Waals surface area contributed by atoms with E-state index >= 15 is 0 Å². The molecule has 0 radical (unpaired) electrons. The van der Waals surface area contributed by atoms with Crippen molar-refractivity contribution in [2.24, 2.45) is 5.92 Å². The number of ether oxygens (including phenoxy) is 1. The molecule has 8 aromatic carbocycles. The van der Waals surface area contributed by atoms with Crippen LogP contribution in [-0.4, -0.2) is 51.5 Å². The highest BCUT2D eigenvalue weighted by atomic mass is 28.4. The summed E-state index contributed by atoms with van der Waals surface area (Å²) in [5, 5.41) is 15.2. The number of unbranched alkanes of at least 4 members (excludes halogenated alkanes) is 1. The number of alkyl carbamates (subject to hydrolysis) is 1. The highest BCUT2D eigenvalue weighted by Crippen LogP contribution is 2.45. The Balaban J connectivity index is 0.917. The summed E-state index contributed by atoms with van der Waals surface area (Å²) >= 11 is 0. The van der Waals surface area contributed by atoms with E-state index in [2.05, 4.69) is 195 Å². The van der Waals surface area contributed by atoms with Crippen LogP contribution in [0.25, 0.3) is 11.1 Å². The molecule has 0 unspecified atom stereocenters. The van der Waals surface area contributed by atoms with Crippen LogP contribution in [0.5, 0.6) is 0 Å². The predicted molar refractivity (Wildman–Crippen MR) is 322 cm³/mol. The third-order valence-electron chi connectivity index (χ3n) is 15.5. The Kier molecular flexibility index (Phi) is 17.9. The monoisotopic (exact) mass is 1070 g/mol. The molecule has 0 bridgehead atoms. The third-order valence-corrected chi connectivity index (χ3v) is 20.5. The minimum Gasteiger partial charge on any atom is -0.449 e. The van der Waals surface area contributed by atoms with Gasteiger partial charge in [-0.3, -0.25) is 14.9 Å². The number of anilines is 1. The van der Waals surface area contributed by atoms with Crippen molar-refractivity contribution in [1.29, 1.82) is 0 Å². The van der Waals surface area contributed by atoms with Gasteiger partial charge in [-0.25, -0.2) is 4.79 Å². The van der Waals surface area contributed by atoms with Crippen LogP contribution < -0.4 is 31.6 Å². The second-order valence-electron chi connectivity index (χ2n) is 22.2. The van der Waals surface area contributed by atoms with Crippen LogP contribution in [0, 0.1) is 12.8 Å². The van der Waals surface area contributed by atoms with E-state index in [0.717, 1.165) is 44.5 Å². The number of carbonyl (C=O) groups is 3. The van der Waals surface area contributed by atoms with Crippen LogP contribution in [0.2, 0.25) is 5.04 Å². The van der Waals surface area contributed by atoms with E-state index in [4.69, 9.17) is 9.16 Å². The molecular formula is C69H74N4O5Si. The molecule has 3 amide bonds. The average molecular weight is 1070 g/mol. The molecule has 0 saturated heterocycles. The second kappa shape index (κ2) is 25.3. The zero-order chi connectivity index (χ0) is 55.4.